The van der Waals surface area contributed by atoms with Crippen LogP contribution < -0.4 is 5.43 Å². The highest BCUT2D eigenvalue weighted by atomic mass is 16.5. The summed E-state index contributed by atoms with van der Waals surface area (Å²) in [5.74, 6) is -0.534. The van der Waals surface area contributed by atoms with Crippen molar-refractivity contribution < 1.29 is 14.3 Å². The van der Waals surface area contributed by atoms with E-state index in [9.17, 15) is 9.59 Å². The van der Waals surface area contributed by atoms with Gasteiger partial charge in [0.1, 0.15) is 6.04 Å². The highest BCUT2D eigenvalue weighted by Gasteiger charge is 2.26. The van der Waals surface area contributed by atoms with Crippen molar-refractivity contribution in [2.24, 2.45) is 0 Å². The number of hydrogen-bond donors (Lipinski definition) is 1. The number of methoxy groups -OCH3 is 1. The molecule has 78 valence electrons. The largest absolute Gasteiger partial charge is 0.467 e. The van der Waals surface area contributed by atoms with E-state index in [-0.39, 0.29) is 11.9 Å². The van der Waals surface area contributed by atoms with Gasteiger partial charge < -0.3 is 4.74 Å². The third-order valence-electron chi connectivity index (χ3n) is 1.97. The van der Waals surface area contributed by atoms with Crippen molar-refractivity contribution in [1.82, 2.24) is 10.4 Å². The molecule has 14 heavy (non-hydrogen) atoms. The molecule has 0 aromatic rings. The second-order valence-electron chi connectivity index (χ2n) is 3.08. The molecule has 0 aromatic heterocycles. The van der Waals surface area contributed by atoms with Crippen molar-refractivity contribution in [1.29, 1.82) is 0 Å². The standard InChI is InChI=1S/C9H14N2O3/c1-7(12)10-11-6-4-3-5-8(11)9(13)14-2/h4,6,8H,3,5H2,1-2H3,(H,10,12)/t8-/m1/s1. The molecule has 1 aliphatic heterocycles. The van der Waals surface area contributed by atoms with Crippen molar-refractivity contribution in [3.8, 4) is 0 Å². The Bertz CT molecular complexity index is 263. The Balaban J connectivity index is 2.67. The molecule has 1 aliphatic rings. The van der Waals surface area contributed by atoms with Crippen molar-refractivity contribution in [2.75, 3.05) is 7.11 Å². The number of esters is 1. The summed E-state index contributed by atoms with van der Waals surface area (Å²) >= 11 is 0. The highest BCUT2D eigenvalue weighted by Crippen LogP contribution is 2.13. The molecule has 0 fully saturated rings. The minimum atomic E-state index is -0.408. The van der Waals surface area contributed by atoms with E-state index in [4.69, 9.17) is 0 Å². The van der Waals surface area contributed by atoms with Crippen molar-refractivity contribution in [3.05, 3.63) is 12.3 Å². The minimum absolute atomic E-state index is 0.203. The van der Waals surface area contributed by atoms with E-state index < -0.39 is 6.04 Å². The summed E-state index contributed by atoms with van der Waals surface area (Å²) < 4.78 is 4.64. The molecule has 1 N–H and O–H groups in total. The quantitative estimate of drug-likeness (QED) is 0.643. The number of hydrogen-bond acceptors (Lipinski definition) is 4. The van der Waals surface area contributed by atoms with Crippen molar-refractivity contribution in [3.63, 3.8) is 0 Å². The van der Waals surface area contributed by atoms with Crippen LogP contribution in [0.5, 0.6) is 0 Å². The number of carbonyl (C=O) groups is 2. The van der Waals surface area contributed by atoms with Crippen molar-refractivity contribution >= 4 is 11.9 Å². The number of nitrogens with zero attached hydrogens (tertiary/aromatic N) is 1. The average Bonchev–Trinajstić information content (AvgIpc) is 2.16. The molecule has 0 radical (unpaired) electrons. The van der Waals surface area contributed by atoms with E-state index in [1.165, 1.54) is 19.0 Å². The van der Waals surface area contributed by atoms with Crippen LogP contribution in [0, 0.1) is 0 Å². The number of nitrogens with one attached hydrogen (secondary N) is 1. The van der Waals surface area contributed by atoms with Crippen LogP contribution in [0.4, 0.5) is 0 Å². The van der Waals surface area contributed by atoms with E-state index in [1.54, 1.807) is 6.20 Å². The third kappa shape index (κ3) is 2.48. The van der Waals surface area contributed by atoms with Gasteiger partial charge in [0.2, 0.25) is 5.91 Å². The molecule has 1 rings (SSSR count). The monoisotopic (exact) mass is 198 g/mol. The smallest absolute Gasteiger partial charge is 0.330 e. The summed E-state index contributed by atoms with van der Waals surface area (Å²) in [6, 6.07) is -0.408. The van der Waals surface area contributed by atoms with E-state index in [0.717, 1.165) is 6.42 Å². The lowest BCUT2D eigenvalue weighted by Gasteiger charge is -2.30. The van der Waals surface area contributed by atoms with Crippen LogP contribution in [0.2, 0.25) is 0 Å². The van der Waals surface area contributed by atoms with Gasteiger partial charge in [-0.25, -0.2) is 4.79 Å². The average molecular weight is 198 g/mol. The summed E-state index contributed by atoms with van der Waals surface area (Å²) in [5, 5.41) is 1.48. The molecule has 0 bridgehead atoms. The minimum Gasteiger partial charge on any atom is -0.467 e. The molecule has 0 saturated carbocycles. The summed E-state index contributed by atoms with van der Waals surface area (Å²) in [6.45, 7) is 1.40. The molecule has 1 amide bonds. The van der Waals surface area contributed by atoms with Gasteiger partial charge in [0, 0.05) is 13.1 Å². The molecular weight excluding hydrogens is 184 g/mol. The molecular formula is C9H14N2O3. The summed E-state index contributed by atoms with van der Waals surface area (Å²) in [4.78, 5) is 22.1. The fourth-order valence-corrected chi connectivity index (χ4v) is 1.35. The van der Waals surface area contributed by atoms with Gasteiger partial charge in [0.25, 0.3) is 0 Å². The summed E-state index contributed by atoms with van der Waals surface area (Å²) in [5.41, 5.74) is 2.55. The lowest BCUT2D eigenvalue weighted by Crippen LogP contribution is -2.49. The first-order valence-corrected chi connectivity index (χ1v) is 4.45. The van der Waals surface area contributed by atoms with Crippen molar-refractivity contribution in [2.45, 2.75) is 25.8 Å². The number of carbonyl (C=O) groups excluding carboxylic acids is 2. The maximum atomic E-state index is 11.3. The zero-order chi connectivity index (χ0) is 10.6. The molecule has 0 aromatic carbocycles. The van der Waals surface area contributed by atoms with Crippen LogP contribution >= 0.6 is 0 Å². The first-order chi connectivity index (χ1) is 6.65. The second-order valence-corrected chi connectivity index (χ2v) is 3.08. The normalized spacial score (nSPS) is 20.4. The first kappa shape index (κ1) is 10.6. The van der Waals surface area contributed by atoms with Gasteiger partial charge in [0.05, 0.1) is 7.11 Å². The predicted octanol–water partition coefficient (Wildman–Crippen LogP) is 0.189. The molecule has 5 nitrogen and oxygen atoms in total. The van der Waals surface area contributed by atoms with Gasteiger partial charge in [-0.1, -0.05) is 6.08 Å². The van der Waals surface area contributed by atoms with Gasteiger partial charge in [-0.2, -0.15) is 0 Å². The number of amides is 1. The maximum Gasteiger partial charge on any atom is 0.330 e. The van der Waals surface area contributed by atoms with Crippen LogP contribution in [0.1, 0.15) is 19.8 Å². The SMILES string of the molecule is COC(=O)[C@H]1CCC=CN1NC(C)=O. The number of rotatable bonds is 2. The predicted molar refractivity (Wildman–Crippen MR) is 49.8 cm³/mol. The number of hydrazine groups is 1. The molecule has 0 spiro atoms. The Hall–Kier alpha value is -1.52. The van der Waals surface area contributed by atoms with Gasteiger partial charge in [0.15, 0.2) is 0 Å². The topological polar surface area (TPSA) is 58.6 Å². The molecule has 1 heterocycles. The fraction of sp³-hybridized carbons (Fsp3) is 0.556. The fourth-order valence-electron chi connectivity index (χ4n) is 1.35. The Kier molecular flexibility index (Phi) is 3.50. The maximum absolute atomic E-state index is 11.3. The van der Waals surface area contributed by atoms with Crippen LogP contribution in [-0.4, -0.2) is 30.0 Å². The highest BCUT2D eigenvalue weighted by molar-refractivity contribution is 5.77. The van der Waals surface area contributed by atoms with Gasteiger partial charge in [-0.05, 0) is 12.8 Å². The summed E-state index contributed by atoms with van der Waals surface area (Å²) in [7, 11) is 1.34. The molecule has 0 saturated heterocycles. The Labute approximate surface area is 82.7 Å². The lowest BCUT2D eigenvalue weighted by molar-refractivity contribution is -0.148. The van der Waals surface area contributed by atoms with E-state index >= 15 is 0 Å². The molecule has 1 atom stereocenters. The second kappa shape index (κ2) is 4.64. The summed E-state index contributed by atoms with van der Waals surface area (Å²) in [6.07, 6.45) is 5.06. The Morgan fingerprint density at radius 2 is 2.29 bits per heavy atom. The number of allylic oxidation sites excluding steroid dienone is 1. The molecule has 5 heteroatoms. The zero-order valence-corrected chi connectivity index (χ0v) is 8.32. The Morgan fingerprint density at radius 3 is 2.86 bits per heavy atom. The van der Waals surface area contributed by atoms with Gasteiger partial charge >= 0.3 is 5.97 Å². The van der Waals surface area contributed by atoms with Gasteiger partial charge in [-0.3, -0.25) is 15.2 Å². The molecule has 0 aliphatic carbocycles. The van der Waals surface area contributed by atoms with E-state index in [1.807, 2.05) is 6.08 Å². The first-order valence-electron chi connectivity index (χ1n) is 4.45. The lowest BCUT2D eigenvalue weighted by atomic mass is 10.1. The number of ether oxygens (including phenoxy) is 1. The third-order valence-corrected chi connectivity index (χ3v) is 1.97. The van der Waals surface area contributed by atoms with Crippen LogP contribution in [-0.2, 0) is 14.3 Å². The van der Waals surface area contributed by atoms with E-state index in [0.29, 0.717) is 6.42 Å². The van der Waals surface area contributed by atoms with Crippen LogP contribution in [0.25, 0.3) is 0 Å². The van der Waals surface area contributed by atoms with Crippen LogP contribution in [0.3, 0.4) is 0 Å². The van der Waals surface area contributed by atoms with Gasteiger partial charge in [-0.15, -0.1) is 0 Å². The van der Waals surface area contributed by atoms with E-state index in [2.05, 4.69) is 10.2 Å². The molecule has 0 unspecified atom stereocenters. The Morgan fingerprint density at radius 1 is 1.57 bits per heavy atom. The zero-order valence-electron chi connectivity index (χ0n) is 8.32. The van der Waals surface area contributed by atoms with Crippen LogP contribution in [0.15, 0.2) is 12.3 Å².